The molecule has 0 heterocycles. The van der Waals surface area contributed by atoms with Crippen LogP contribution in [0.2, 0.25) is 0 Å². The van der Waals surface area contributed by atoms with E-state index >= 15 is 0 Å². The van der Waals surface area contributed by atoms with Crippen LogP contribution < -0.4 is 5.32 Å². The van der Waals surface area contributed by atoms with Gasteiger partial charge in [0.15, 0.2) is 6.04 Å². The first-order valence-corrected chi connectivity index (χ1v) is 6.95. The van der Waals surface area contributed by atoms with Crippen molar-refractivity contribution >= 4 is 12.0 Å². The second kappa shape index (κ2) is 6.61. The summed E-state index contributed by atoms with van der Waals surface area (Å²) in [5.41, 5.74) is 0.465. The number of carbonyl (C=O) groups is 2. The molecule has 0 aromatic heterocycles. The molecule has 0 aliphatic heterocycles. The van der Waals surface area contributed by atoms with E-state index in [0.717, 1.165) is 0 Å². The molecule has 2 amide bonds. The number of hydrogen-bond acceptors (Lipinski definition) is 2. The van der Waals surface area contributed by atoms with Crippen molar-refractivity contribution in [1.82, 2.24) is 10.2 Å². The average Bonchev–Trinajstić information content (AvgIpc) is 2.42. The molecule has 0 bridgehead atoms. The van der Waals surface area contributed by atoms with Gasteiger partial charge in [0.1, 0.15) is 0 Å². The molecular weight excluding hydrogens is 268 g/mol. The maximum Gasteiger partial charge on any atom is 0.330 e. The quantitative estimate of drug-likeness (QED) is 0.896. The Morgan fingerprint density at radius 3 is 2.14 bits per heavy atom. The van der Waals surface area contributed by atoms with Crippen LogP contribution in [0.5, 0.6) is 0 Å². The molecule has 1 rings (SSSR count). The number of carboxylic acid groups (broad SMARTS) is 1. The fourth-order valence-corrected chi connectivity index (χ4v) is 1.92. The highest BCUT2D eigenvalue weighted by atomic mass is 16.4. The molecule has 0 aliphatic rings. The molecule has 0 spiro atoms. The highest BCUT2D eigenvalue weighted by Gasteiger charge is 2.30. The lowest BCUT2D eigenvalue weighted by Gasteiger charge is -2.35. The molecule has 0 aliphatic carbocycles. The van der Waals surface area contributed by atoms with Crippen molar-refractivity contribution in [3.8, 4) is 0 Å². The number of carboxylic acids is 1. The van der Waals surface area contributed by atoms with Gasteiger partial charge in [-0.1, -0.05) is 51.1 Å². The van der Waals surface area contributed by atoms with Gasteiger partial charge in [0.2, 0.25) is 0 Å². The van der Waals surface area contributed by atoms with E-state index in [2.05, 4.69) is 5.32 Å². The van der Waals surface area contributed by atoms with Gasteiger partial charge in [0, 0.05) is 13.1 Å². The number of nitrogens with zero attached hydrogens (tertiary/aromatic N) is 1. The average molecular weight is 292 g/mol. The summed E-state index contributed by atoms with van der Waals surface area (Å²) in [6.45, 7) is 8.05. The maximum atomic E-state index is 12.3. The second-order valence-corrected chi connectivity index (χ2v) is 6.28. The van der Waals surface area contributed by atoms with E-state index < -0.39 is 18.0 Å². The molecule has 0 saturated carbocycles. The SMILES string of the molecule is CC(N(C)C(=O)NC(C(=O)O)c1ccccc1)C(C)(C)C. The monoisotopic (exact) mass is 292 g/mol. The highest BCUT2D eigenvalue weighted by Crippen LogP contribution is 2.23. The maximum absolute atomic E-state index is 12.3. The first-order chi connectivity index (χ1) is 9.64. The molecule has 2 N–H and O–H groups in total. The van der Waals surface area contributed by atoms with Crippen LogP contribution in [-0.2, 0) is 4.79 Å². The van der Waals surface area contributed by atoms with Crippen molar-refractivity contribution in [2.45, 2.75) is 39.8 Å². The Morgan fingerprint density at radius 2 is 1.71 bits per heavy atom. The largest absolute Gasteiger partial charge is 0.479 e. The Labute approximate surface area is 126 Å². The third-order valence-electron chi connectivity index (χ3n) is 3.80. The van der Waals surface area contributed by atoms with Gasteiger partial charge in [-0.2, -0.15) is 0 Å². The number of benzene rings is 1. The first kappa shape index (κ1) is 17.0. The van der Waals surface area contributed by atoms with Crippen molar-refractivity contribution in [1.29, 1.82) is 0 Å². The van der Waals surface area contributed by atoms with Gasteiger partial charge in [-0.05, 0) is 17.9 Å². The van der Waals surface area contributed by atoms with E-state index in [0.29, 0.717) is 5.56 Å². The van der Waals surface area contributed by atoms with Crippen LogP contribution in [0.3, 0.4) is 0 Å². The zero-order chi connectivity index (χ0) is 16.2. The van der Waals surface area contributed by atoms with Crippen LogP contribution in [-0.4, -0.2) is 35.1 Å². The third-order valence-corrected chi connectivity index (χ3v) is 3.80. The van der Waals surface area contributed by atoms with Crippen molar-refractivity contribution in [2.75, 3.05) is 7.05 Å². The summed E-state index contributed by atoms with van der Waals surface area (Å²) in [6.07, 6.45) is 0. The molecule has 21 heavy (non-hydrogen) atoms. The predicted octanol–water partition coefficient (Wildman–Crippen LogP) is 2.89. The van der Waals surface area contributed by atoms with Gasteiger partial charge in [0.05, 0.1) is 0 Å². The number of rotatable bonds is 4. The Morgan fingerprint density at radius 1 is 1.19 bits per heavy atom. The van der Waals surface area contributed by atoms with Gasteiger partial charge < -0.3 is 15.3 Å². The van der Waals surface area contributed by atoms with Crippen molar-refractivity contribution in [2.24, 2.45) is 5.41 Å². The van der Waals surface area contributed by atoms with Gasteiger partial charge in [-0.3, -0.25) is 0 Å². The van der Waals surface area contributed by atoms with Crippen LogP contribution in [0, 0.1) is 5.41 Å². The van der Waals surface area contributed by atoms with Gasteiger partial charge in [-0.15, -0.1) is 0 Å². The van der Waals surface area contributed by atoms with E-state index in [1.165, 1.54) is 0 Å². The highest BCUT2D eigenvalue weighted by molar-refractivity contribution is 5.83. The van der Waals surface area contributed by atoms with E-state index in [-0.39, 0.29) is 11.5 Å². The summed E-state index contributed by atoms with van der Waals surface area (Å²) < 4.78 is 0. The zero-order valence-electron chi connectivity index (χ0n) is 13.3. The van der Waals surface area contributed by atoms with E-state index in [1.54, 1.807) is 42.3 Å². The zero-order valence-corrected chi connectivity index (χ0v) is 13.3. The smallest absolute Gasteiger partial charge is 0.330 e. The molecule has 0 fully saturated rings. The Balaban J connectivity index is 2.86. The van der Waals surface area contributed by atoms with Crippen LogP contribution in [0.25, 0.3) is 0 Å². The Bertz CT molecular complexity index is 494. The molecule has 5 heteroatoms. The molecule has 1 aromatic carbocycles. The lowest BCUT2D eigenvalue weighted by Crippen LogP contribution is -2.49. The predicted molar refractivity (Wildman–Crippen MR) is 82.0 cm³/mol. The van der Waals surface area contributed by atoms with Gasteiger partial charge in [-0.25, -0.2) is 9.59 Å². The minimum Gasteiger partial charge on any atom is -0.479 e. The van der Waals surface area contributed by atoms with Crippen LogP contribution >= 0.6 is 0 Å². The molecule has 5 nitrogen and oxygen atoms in total. The molecule has 0 saturated heterocycles. The van der Waals surface area contributed by atoms with Crippen molar-refractivity contribution in [3.05, 3.63) is 35.9 Å². The summed E-state index contributed by atoms with van der Waals surface area (Å²) in [4.78, 5) is 25.2. The molecule has 2 unspecified atom stereocenters. The molecule has 116 valence electrons. The van der Waals surface area contributed by atoms with Crippen molar-refractivity contribution < 1.29 is 14.7 Å². The fourth-order valence-electron chi connectivity index (χ4n) is 1.92. The molecular formula is C16H24N2O3. The summed E-state index contributed by atoms with van der Waals surface area (Å²) in [5, 5.41) is 11.9. The van der Waals surface area contributed by atoms with E-state index in [9.17, 15) is 14.7 Å². The van der Waals surface area contributed by atoms with Crippen molar-refractivity contribution in [3.63, 3.8) is 0 Å². The number of amides is 2. The lowest BCUT2D eigenvalue weighted by molar-refractivity contribution is -0.139. The van der Waals surface area contributed by atoms with Gasteiger partial charge in [0.25, 0.3) is 0 Å². The van der Waals surface area contributed by atoms with E-state index in [4.69, 9.17) is 0 Å². The molecule has 2 atom stereocenters. The number of aliphatic carboxylic acids is 1. The molecule has 0 radical (unpaired) electrons. The van der Waals surface area contributed by atoms with Crippen LogP contribution in [0.1, 0.15) is 39.3 Å². The summed E-state index contributed by atoms with van der Waals surface area (Å²) in [5.74, 6) is -1.08. The number of urea groups is 1. The number of hydrogen-bond donors (Lipinski definition) is 2. The minimum atomic E-state index is -1.08. The van der Waals surface area contributed by atoms with Crippen LogP contribution in [0.15, 0.2) is 30.3 Å². The summed E-state index contributed by atoms with van der Waals surface area (Å²) in [7, 11) is 1.68. The Kier molecular flexibility index (Phi) is 5.35. The first-order valence-electron chi connectivity index (χ1n) is 6.95. The van der Waals surface area contributed by atoms with E-state index in [1.807, 2.05) is 27.7 Å². The number of carbonyl (C=O) groups excluding carboxylic acids is 1. The standard InChI is InChI=1S/C16H24N2O3/c1-11(16(2,3)4)18(5)15(21)17-13(14(19)20)12-9-7-6-8-10-12/h6-11,13H,1-5H3,(H,17,21)(H,19,20). The number of nitrogens with one attached hydrogen (secondary N) is 1. The summed E-state index contributed by atoms with van der Waals surface area (Å²) in [6, 6.07) is 7.21. The van der Waals surface area contributed by atoms with Crippen LogP contribution in [0.4, 0.5) is 4.79 Å². The minimum absolute atomic E-state index is 0.0253. The Hall–Kier alpha value is -2.04. The third kappa shape index (κ3) is 4.48. The topological polar surface area (TPSA) is 69.6 Å². The lowest BCUT2D eigenvalue weighted by atomic mass is 9.87. The van der Waals surface area contributed by atoms with Gasteiger partial charge >= 0.3 is 12.0 Å². The fraction of sp³-hybridized carbons (Fsp3) is 0.500. The summed E-state index contributed by atoms with van der Waals surface area (Å²) >= 11 is 0. The molecule has 1 aromatic rings. The normalized spacial score (nSPS) is 14.1. The second-order valence-electron chi connectivity index (χ2n) is 6.28.